The molecule has 3 rings (SSSR count). The molecule has 1 unspecified atom stereocenters. The maximum Gasteiger partial charge on any atom is 0.234 e. The quantitative estimate of drug-likeness (QED) is 0.826. The van der Waals surface area contributed by atoms with Gasteiger partial charge in [0.05, 0.1) is 12.3 Å². The summed E-state index contributed by atoms with van der Waals surface area (Å²) in [5.41, 5.74) is 0.673. The summed E-state index contributed by atoms with van der Waals surface area (Å²) in [7, 11) is 0. The van der Waals surface area contributed by atoms with Crippen LogP contribution < -0.4 is 0 Å². The van der Waals surface area contributed by atoms with Gasteiger partial charge in [0.15, 0.2) is 0 Å². The molecule has 0 N–H and O–H groups in total. The van der Waals surface area contributed by atoms with Crippen LogP contribution in [0.5, 0.6) is 0 Å². The van der Waals surface area contributed by atoms with Crippen molar-refractivity contribution in [3.8, 4) is 0 Å². The summed E-state index contributed by atoms with van der Waals surface area (Å²) in [6, 6.07) is 10.9. The van der Waals surface area contributed by atoms with Crippen molar-refractivity contribution in [1.82, 2.24) is 4.90 Å². The topological polar surface area (TPSA) is 20.3 Å². The molecule has 2 aromatic carbocycles. The number of carbonyl (C=O) groups excluding carboxylic acids is 1. The van der Waals surface area contributed by atoms with E-state index in [2.05, 4.69) is 0 Å². The van der Waals surface area contributed by atoms with Gasteiger partial charge in [0.2, 0.25) is 5.91 Å². The smallest absolute Gasteiger partial charge is 0.234 e. The van der Waals surface area contributed by atoms with Gasteiger partial charge in [-0.25, -0.2) is 8.78 Å². The largest absolute Gasteiger partial charge is 0.321 e. The first kappa shape index (κ1) is 15.3. The standard InChI is InChI=1S/C16H12ClF2NOS/c17-12-5-2-1-4-10(12)16-20(15(21)9-22-16)8-11-13(18)6-3-7-14(11)19/h1-7,16H,8-9H2. The molecule has 0 saturated carbocycles. The molecule has 0 spiro atoms. The summed E-state index contributed by atoms with van der Waals surface area (Å²) >= 11 is 7.59. The van der Waals surface area contributed by atoms with Crippen LogP contribution in [0.15, 0.2) is 42.5 Å². The summed E-state index contributed by atoms with van der Waals surface area (Å²) in [5.74, 6) is -1.19. The molecule has 22 heavy (non-hydrogen) atoms. The average Bonchev–Trinajstić information content (AvgIpc) is 2.85. The predicted molar refractivity (Wildman–Crippen MR) is 83.6 cm³/mol. The van der Waals surface area contributed by atoms with Gasteiger partial charge in [-0.1, -0.05) is 35.9 Å². The average molecular weight is 340 g/mol. The van der Waals surface area contributed by atoms with E-state index >= 15 is 0 Å². The first-order valence-electron chi connectivity index (χ1n) is 6.66. The maximum absolute atomic E-state index is 13.8. The van der Waals surface area contributed by atoms with Crippen LogP contribution in [0, 0.1) is 11.6 Å². The number of carbonyl (C=O) groups is 1. The number of amides is 1. The van der Waals surface area contributed by atoms with Crippen LogP contribution in [0.4, 0.5) is 8.78 Å². The van der Waals surface area contributed by atoms with E-state index in [1.165, 1.54) is 34.9 Å². The molecule has 0 bridgehead atoms. The molecule has 1 heterocycles. The minimum Gasteiger partial charge on any atom is -0.321 e. The van der Waals surface area contributed by atoms with E-state index in [9.17, 15) is 13.6 Å². The van der Waals surface area contributed by atoms with Crippen LogP contribution in [0.2, 0.25) is 5.02 Å². The molecule has 114 valence electrons. The third-order valence-corrected chi connectivity index (χ3v) is 5.11. The lowest BCUT2D eigenvalue weighted by Crippen LogP contribution is -2.28. The Balaban J connectivity index is 1.94. The Kier molecular flexibility index (Phi) is 4.36. The van der Waals surface area contributed by atoms with E-state index in [0.29, 0.717) is 5.02 Å². The van der Waals surface area contributed by atoms with Crippen molar-refractivity contribution in [1.29, 1.82) is 0 Å². The highest BCUT2D eigenvalue weighted by Crippen LogP contribution is 2.42. The number of hydrogen-bond donors (Lipinski definition) is 0. The second-order valence-electron chi connectivity index (χ2n) is 4.91. The lowest BCUT2D eigenvalue weighted by Gasteiger charge is -2.25. The Morgan fingerprint density at radius 3 is 2.50 bits per heavy atom. The highest BCUT2D eigenvalue weighted by Gasteiger charge is 2.34. The van der Waals surface area contributed by atoms with Crippen molar-refractivity contribution in [3.05, 3.63) is 70.2 Å². The molecule has 1 aliphatic rings. The number of halogens is 3. The van der Waals surface area contributed by atoms with Gasteiger partial charge in [-0.3, -0.25) is 4.79 Å². The first-order valence-corrected chi connectivity index (χ1v) is 8.09. The van der Waals surface area contributed by atoms with Gasteiger partial charge in [0.25, 0.3) is 0 Å². The Labute approximate surface area is 136 Å². The van der Waals surface area contributed by atoms with Crippen LogP contribution in [0.3, 0.4) is 0 Å². The zero-order valence-corrected chi connectivity index (χ0v) is 13.0. The minimum absolute atomic E-state index is 0.101. The molecule has 1 saturated heterocycles. The van der Waals surface area contributed by atoms with Crippen LogP contribution in [-0.2, 0) is 11.3 Å². The molecule has 1 aliphatic heterocycles. The van der Waals surface area contributed by atoms with E-state index in [0.717, 1.165) is 5.56 Å². The Morgan fingerprint density at radius 1 is 1.14 bits per heavy atom. The third-order valence-electron chi connectivity index (χ3n) is 3.53. The fourth-order valence-electron chi connectivity index (χ4n) is 2.41. The summed E-state index contributed by atoms with van der Waals surface area (Å²) in [5, 5.41) is 0.203. The number of hydrogen-bond acceptors (Lipinski definition) is 2. The second-order valence-corrected chi connectivity index (χ2v) is 6.38. The van der Waals surface area contributed by atoms with E-state index in [4.69, 9.17) is 11.6 Å². The minimum atomic E-state index is -0.650. The highest BCUT2D eigenvalue weighted by molar-refractivity contribution is 8.00. The Morgan fingerprint density at radius 2 is 1.82 bits per heavy atom. The van der Waals surface area contributed by atoms with Gasteiger partial charge in [0, 0.05) is 16.1 Å². The SMILES string of the molecule is O=C1CSC(c2ccccc2Cl)N1Cc1c(F)cccc1F. The van der Waals surface area contributed by atoms with Gasteiger partial charge in [0.1, 0.15) is 17.0 Å². The van der Waals surface area contributed by atoms with Gasteiger partial charge in [-0.05, 0) is 18.2 Å². The van der Waals surface area contributed by atoms with Gasteiger partial charge in [-0.2, -0.15) is 0 Å². The lowest BCUT2D eigenvalue weighted by atomic mass is 10.1. The molecule has 2 aromatic rings. The molecule has 0 radical (unpaired) electrons. The van der Waals surface area contributed by atoms with Gasteiger partial charge < -0.3 is 4.90 Å². The fraction of sp³-hybridized carbons (Fsp3) is 0.188. The zero-order valence-electron chi connectivity index (χ0n) is 11.4. The van der Waals surface area contributed by atoms with Crippen LogP contribution in [0.25, 0.3) is 0 Å². The summed E-state index contributed by atoms with van der Waals surface area (Å²) < 4.78 is 27.7. The second kappa shape index (κ2) is 6.26. The van der Waals surface area contributed by atoms with Crippen LogP contribution in [-0.4, -0.2) is 16.6 Å². The number of thioether (sulfide) groups is 1. The summed E-state index contributed by atoms with van der Waals surface area (Å²) in [6.45, 7) is -0.111. The highest BCUT2D eigenvalue weighted by atomic mass is 35.5. The summed E-state index contributed by atoms with van der Waals surface area (Å²) in [4.78, 5) is 13.6. The zero-order chi connectivity index (χ0) is 15.7. The van der Waals surface area contributed by atoms with E-state index < -0.39 is 11.6 Å². The molecule has 1 atom stereocenters. The molecular weight excluding hydrogens is 328 g/mol. The number of benzene rings is 2. The van der Waals surface area contributed by atoms with Crippen molar-refractivity contribution in [2.24, 2.45) is 0 Å². The lowest BCUT2D eigenvalue weighted by molar-refractivity contribution is -0.128. The predicted octanol–water partition coefficient (Wildman–Crippen LogP) is 4.39. The van der Waals surface area contributed by atoms with Crippen molar-refractivity contribution >= 4 is 29.3 Å². The maximum atomic E-state index is 13.8. The van der Waals surface area contributed by atoms with Crippen molar-refractivity contribution in [3.63, 3.8) is 0 Å². The molecule has 0 aliphatic carbocycles. The monoisotopic (exact) mass is 339 g/mol. The molecule has 1 amide bonds. The summed E-state index contributed by atoms with van der Waals surface area (Å²) in [6.07, 6.45) is 0. The van der Waals surface area contributed by atoms with Crippen molar-refractivity contribution in [2.45, 2.75) is 11.9 Å². The normalized spacial score (nSPS) is 18.0. The van der Waals surface area contributed by atoms with E-state index in [1.807, 2.05) is 12.1 Å². The van der Waals surface area contributed by atoms with Crippen molar-refractivity contribution in [2.75, 3.05) is 5.75 Å². The van der Waals surface area contributed by atoms with E-state index in [-0.39, 0.29) is 29.1 Å². The molecule has 1 fully saturated rings. The molecular formula is C16H12ClF2NOS. The van der Waals surface area contributed by atoms with Gasteiger partial charge >= 0.3 is 0 Å². The molecule has 2 nitrogen and oxygen atoms in total. The third kappa shape index (κ3) is 2.83. The number of nitrogens with zero attached hydrogens (tertiary/aromatic N) is 1. The van der Waals surface area contributed by atoms with E-state index in [1.54, 1.807) is 12.1 Å². The first-order chi connectivity index (χ1) is 10.6. The van der Waals surface area contributed by atoms with Gasteiger partial charge in [-0.15, -0.1) is 11.8 Å². The number of rotatable bonds is 3. The van der Waals surface area contributed by atoms with Crippen LogP contribution in [0.1, 0.15) is 16.5 Å². The molecule has 6 heteroatoms. The Hall–Kier alpha value is -1.59. The fourth-order valence-corrected chi connectivity index (χ4v) is 3.94. The molecule has 0 aromatic heterocycles. The Bertz CT molecular complexity index is 705. The van der Waals surface area contributed by atoms with Crippen LogP contribution >= 0.6 is 23.4 Å². The van der Waals surface area contributed by atoms with Crippen molar-refractivity contribution < 1.29 is 13.6 Å².